The predicted molar refractivity (Wildman–Crippen MR) is 92.7 cm³/mol. The van der Waals surface area contributed by atoms with Gasteiger partial charge in [-0.25, -0.2) is 0 Å². The molecule has 1 aliphatic carbocycles. The molecule has 0 bridgehead atoms. The molecule has 0 unspecified atom stereocenters. The molecule has 2 saturated heterocycles. The molecular formula is C19H25N3O2. The Bertz CT molecular complexity index is 656. The van der Waals surface area contributed by atoms with Gasteiger partial charge >= 0.3 is 0 Å². The maximum atomic E-state index is 12.5. The minimum atomic E-state index is -0.0716. The predicted octanol–water partition coefficient (Wildman–Crippen LogP) is 2.23. The van der Waals surface area contributed by atoms with Gasteiger partial charge in [-0.1, -0.05) is 12.1 Å². The fraction of sp³-hybridized carbons (Fsp3) is 0.579. The number of likely N-dealkylation sites (tertiary alicyclic amines) is 1. The van der Waals surface area contributed by atoms with Crippen molar-refractivity contribution >= 4 is 17.5 Å². The molecule has 0 radical (unpaired) electrons. The molecule has 1 N–H and O–H groups in total. The third-order valence-corrected chi connectivity index (χ3v) is 5.43. The van der Waals surface area contributed by atoms with Crippen molar-refractivity contribution in [2.24, 2.45) is 0 Å². The Kier molecular flexibility index (Phi) is 4.04. The molecule has 1 saturated carbocycles. The van der Waals surface area contributed by atoms with E-state index in [9.17, 15) is 9.59 Å². The third kappa shape index (κ3) is 2.93. The first-order chi connectivity index (χ1) is 11.6. The standard InChI is InChI=1S/C19H25N3O2/c1-13(20-17-9-11-22(19(17)24)15-7-8-15)14-4-2-5-16(12-14)21-10-3-6-18(21)23/h2,4-5,12-13,15,17,20H,3,6-11H2,1H3/t13-,17+/m1/s1. The zero-order chi connectivity index (χ0) is 16.7. The van der Waals surface area contributed by atoms with Crippen LogP contribution in [0.2, 0.25) is 0 Å². The highest BCUT2D eigenvalue weighted by atomic mass is 16.2. The van der Waals surface area contributed by atoms with Crippen molar-refractivity contribution in [3.05, 3.63) is 29.8 Å². The lowest BCUT2D eigenvalue weighted by atomic mass is 10.1. The summed E-state index contributed by atoms with van der Waals surface area (Å²) in [4.78, 5) is 28.3. The molecule has 2 atom stereocenters. The van der Waals surface area contributed by atoms with Crippen LogP contribution in [0.15, 0.2) is 24.3 Å². The molecule has 128 valence electrons. The van der Waals surface area contributed by atoms with Crippen LogP contribution in [-0.4, -0.2) is 41.9 Å². The number of benzene rings is 1. The van der Waals surface area contributed by atoms with Gasteiger partial charge in [0.25, 0.3) is 0 Å². The van der Waals surface area contributed by atoms with Gasteiger partial charge in [-0.3, -0.25) is 14.9 Å². The summed E-state index contributed by atoms with van der Waals surface area (Å²) >= 11 is 0. The average Bonchev–Trinajstić information content (AvgIpc) is 3.24. The van der Waals surface area contributed by atoms with E-state index in [2.05, 4.69) is 24.4 Å². The molecule has 2 amide bonds. The molecule has 1 aromatic rings. The van der Waals surface area contributed by atoms with Crippen LogP contribution in [-0.2, 0) is 9.59 Å². The van der Waals surface area contributed by atoms with E-state index in [0.29, 0.717) is 12.5 Å². The Balaban J connectivity index is 1.43. The van der Waals surface area contributed by atoms with E-state index in [-0.39, 0.29) is 23.9 Å². The van der Waals surface area contributed by atoms with Crippen molar-refractivity contribution in [1.29, 1.82) is 0 Å². The molecule has 0 aromatic heterocycles. The monoisotopic (exact) mass is 327 g/mol. The Morgan fingerprint density at radius 2 is 2.00 bits per heavy atom. The molecule has 3 fully saturated rings. The van der Waals surface area contributed by atoms with Gasteiger partial charge in [0, 0.05) is 37.3 Å². The molecule has 5 nitrogen and oxygen atoms in total. The van der Waals surface area contributed by atoms with Crippen LogP contribution in [0, 0.1) is 0 Å². The molecule has 5 heteroatoms. The molecule has 2 aliphatic heterocycles. The van der Waals surface area contributed by atoms with E-state index in [1.807, 2.05) is 21.9 Å². The number of anilines is 1. The first kappa shape index (κ1) is 15.6. The fourth-order valence-electron chi connectivity index (χ4n) is 3.89. The van der Waals surface area contributed by atoms with E-state index in [0.717, 1.165) is 37.2 Å². The Hall–Kier alpha value is -1.88. The number of carbonyl (C=O) groups is 2. The summed E-state index contributed by atoms with van der Waals surface area (Å²) in [6, 6.07) is 8.67. The van der Waals surface area contributed by atoms with Gasteiger partial charge in [-0.15, -0.1) is 0 Å². The molecule has 1 aromatic carbocycles. The van der Waals surface area contributed by atoms with Crippen LogP contribution in [0.3, 0.4) is 0 Å². The van der Waals surface area contributed by atoms with E-state index in [1.165, 1.54) is 12.8 Å². The molecule has 24 heavy (non-hydrogen) atoms. The minimum absolute atomic E-state index is 0.0716. The zero-order valence-electron chi connectivity index (χ0n) is 14.2. The Labute approximate surface area is 143 Å². The second-order valence-corrected chi connectivity index (χ2v) is 7.24. The Morgan fingerprint density at radius 1 is 1.17 bits per heavy atom. The van der Waals surface area contributed by atoms with Crippen LogP contribution in [0.5, 0.6) is 0 Å². The van der Waals surface area contributed by atoms with Crippen molar-refractivity contribution in [2.45, 2.75) is 57.2 Å². The largest absolute Gasteiger partial charge is 0.338 e. The van der Waals surface area contributed by atoms with Crippen molar-refractivity contribution in [1.82, 2.24) is 10.2 Å². The Morgan fingerprint density at radius 3 is 2.71 bits per heavy atom. The van der Waals surface area contributed by atoms with E-state index in [1.54, 1.807) is 0 Å². The second kappa shape index (κ2) is 6.20. The molecule has 3 aliphatic rings. The van der Waals surface area contributed by atoms with Gasteiger partial charge in [-0.2, -0.15) is 0 Å². The fourth-order valence-corrected chi connectivity index (χ4v) is 3.89. The van der Waals surface area contributed by atoms with Gasteiger partial charge in [0.15, 0.2) is 0 Å². The van der Waals surface area contributed by atoms with E-state index >= 15 is 0 Å². The highest BCUT2D eigenvalue weighted by Gasteiger charge is 2.40. The number of nitrogens with zero attached hydrogens (tertiary/aromatic N) is 2. The summed E-state index contributed by atoms with van der Waals surface area (Å²) in [6.07, 6.45) is 4.81. The first-order valence-electron chi connectivity index (χ1n) is 9.10. The van der Waals surface area contributed by atoms with Gasteiger partial charge in [0.2, 0.25) is 11.8 Å². The highest BCUT2D eigenvalue weighted by molar-refractivity contribution is 5.95. The lowest BCUT2D eigenvalue weighted by Gasteiger charge is -2.22. The third-order valence-electron chi connectivity index (χ3n) is 5.43. The topological polar surface area (TPSA) is 52.7 Å². The number of carbonyl (C=O) groups excluding carboxylic acids is 2. The number of hydrogen-bond acceptors (Lipinski definition) is 3. The SMILES string of the molecule is C[C@@H](N[C@H]1CCN(C2CC2)C1=O)c1cccc(N2CCCC2=O)c1. The quantitative estimate of drug-likeness (QED) is 0.902. The normalized spacial score (nSPS) is 25.6. The van der Waals surface area contributed by atoms with Crippen LogP contribution in [0.1, 0.15) is 50.6 Å². The zero-order valence-corrected chi connectivity index (χ0v) is 14.2. The van der Waals surface area contributed by atoms with E-state index < -0.39 is 0 Å². The van der Waals surface area contributed by atoms with Crippen LogP contribution >= 0.6 is 0 Å². The lowest BCUT2D eigenvalue weighted by molar-refractivity contribution is -0.130. The summed E-state index contributed by atoms with van der Waals surface area (Å²) in [6.45, 7) is 3.79. The first-order valence-corrected chi connectivity index (χ1v) is 9.10. The maximum absolute atomic E-state index is 12.5. The van der Waals surface area contributed by atoms with Crippen molar-refractivity contribution in [2.75, 3.05) is 18.0 Å². The summed E-state index contributed by atoms with van der Waals surface area (Å²) in [5.74, 6) is 0.467. The van der Waals surface area contributed by atoms with Crippen LogP contribution in [0.4, 0.5) is 5.69 Å². The molecule has 2 heterocycles. The minimum Gasteiger partial charge on any atom is -0.338 e. The summed E-state index contributed by atoms with van der Waals surface area (Å²) in [5.41, 5.74) is 2.10. The smallest absolute Gasteiger partial charge is 0.240 e. The van der Waals surface area contributed by atoms with Crippen molar-refractivity contribution in [3.8, 4) is 0 Å². The van der Waals surface area contributed by atoms with Crippen LogP contribution < -0.4 is 10.2 Å². The summed E-state index contributed by atoms with van der Waals surface area (Å²) in [7, 11) is 0. The van der Waals surface area contributed by atoms with Gasteiger partial charge in [-0.05, 0) is 50.3 Å². The summed E-state index contributed by atoms with van der Waals surface area (Å²) < 4.78 is 0. The molecule has 0 spiro atoms. The number of amides is 2. The molecular weight excluding hydrogens is 302 g/mol. The van der Waals surface area contributed by atoms with Gasteiger partial charge in [0.1, 0.15) is 0 Å². The number of nitrogens with one attached hydrogen (secondary N) is 1. The summed E-state index contributed by atoms with van der Waals surface area (Å²) in [5, 5.41) is 3.49. The number of rotatable bonds is 5. The second-order valence-electron chi connectivity index (χ2n) is 7.24. The van der Waals surface area contributed by atoms with Crippen molar-refractivity contribution in [3.63, 3.8) is 0 Å². The highest BCUT2D eigenvalue weighted by Crippen LogP contribution is 2.31. The lowest BCUT2D eigenvalue weighted by Crippen LogP contribution is -2.40. The van der Waals surface area contributed by atoms with Crippen LogP contribution in [0.25, 0.3) is 0 Å². The van der Waals surface area contributed by atoms with Crippen molar-refractivity contribution < 1.29 is 9.59 Å². The van der Waals surface area contributed by atoms with Gasteiger partial charge < -0.3 is 9.80 Å². The maximum Gasteiger partial charge on any atom is 0.240 e. The average molecular weight is 327 g/mol. The van der Waals surface area contributed by atoms with E-state index in [4.69, 9.17) is 0 Å². The number of hydrogen-bond donors (Lipinski definition) is 1. The van der Waals surface area contributed by atoms with Gasteiger partial charge in [0.05, 0.1) is 6.04 Å². The molecule has 4 rings (SSSR count).